The molecular formula is C17H18F3N3O4S. The topological polar surface area (TPSA) is 80.8 Å². The van der Waals surface area contributed by atoms with Gasteiger partial charge in [-0.3, -0.25) is 0 Å². The molecule has 0 aliphatic carbocycles. The summed E-state index contributed by atoms with van der Waals surface area (Å²) in [7, 11) is -3.90. The van der Waals surface area contributed by atoms with E-state index < -0.39 is 22.1 Å². The number of hydrogen-bond acceptors (Lipinski definition) is 6. The maximum absolute atomic E-state index is 12.4. The summed E-state index contributed by atoms with van der Waals surface area (Å²) in [6.07, 6.45) is -3.24. The molecule has 2 heterocycles. The Kier molecular flexibility index (Phi) is 6.06. The molecule has 152 valence electrons. The summed E-state index contributed by atoms with van der Waals surface area (Å²) < 4.78 is 72.7. The zero-order chi connectivity index (χ0) is 20.2. The number of aromatic nitrogens is 1. The number of halogens is 3. The van der Waals surface area contributed by atoms with Crippen LogP contribution in [-0.2, 0) is 21.3 Å². The zero-order valence-electron chi connectivity index (χ0n) is 14.6. The predicted molar refractivity (Wildman–Crippen MR) is 94.4 cm³/mol. The monoisotopic (exact) mass is 417 g/mol. The van der Waals surface area contributed by atoms with Crippen LogP contribution in [0.5, 0.6) is 5.75 Å². The number of pyridine rings is 1. The molecule has 0 amide bonds. The van der Waals surface area contributed by atoms with Gasteiger partial charge in [-0.25, -0.2) is 18.1 Å². The van der Waals surface area contributed by atoms with Gasteiger partial charge in [0.05, 0.1) is 18.1 Å². The van der Waals surface area contributed by atoms with E-state index in [0.29, 0.717) is 31.9 Å². The summed E-state index contributed by atoms with van der Waals surface area (Å²) in [5.41, 5.74) is 0.706. The highest BCUT2D eigenvalue weighted by Crippen LogP contribution is 2.24. The molecule has 1 aromatic carbocycles. The van der Waals surface area contributed by atoms with Crippen LogP contribution in [0.25, 0.3) is 0 Å². The molecule has 1 aliphatic rings. The van der Waals surface area contributed by atoms with Crippen molar-refractivity contribution in [1.82, 2.24) is 9.71 Å². The van der Waals surface area contributed by atoms with E-state index in [-0.39, 0.29) is 11.4 Å². The number of anilines is 1. The summed E-state index contributed by atoms with van der Waals surface area (Å²) in [5, 5.41) is 0. The Labute approximate surface area is 160 Å². The van der Waals surface area contributed by atoms with E-state index in [9.17, 15) is 21.6 Å². The molecule has 1 aliphatic heterocycles. The van der Waals surface area contributed by atoms with Crippen LogP contribution in [-0.4, -0.2) is 46.1 Å². The Balaban J connectivity index is 1.65. The van der Waals surface area contributed by atoms with E-state index >= 15 is 0 Å². The summed E-state index contributed by atoms with van der Waals surface area (Å²) in [5.74, 6) is 0.240. The lowest BCUT2D eigenvalue weighted by Crippen LogP contribution is -2.36. The highest BCUT2D eigenvalue weighted by atomic mass is 32.2. The second-order valence-corrected chi connectivity index (χ2v) is 7.73. The molecule has 0 spiro atoms. The number of rotatable bonds is 6. The fourth-order valence-corrected chi connectivity index (χ4v) is 3.64. The summed E-state index contributed by atoms with van der Waals surface area (Å²) in [6, 6.07) is 7.47. The molecule has 1 fully saturated rings. The average molecular weight is 417 g/mol. The van der Waals surface area contributed by atoms with Crippen molar-refractivity contribution in [2.45, 2.75) is 17.8 Å². The Morgan fingerprint density at radius 2 is 1.82 bits per heavy atom. The van der Waals surface area contributed by atoms with Crippen LogP contribution >= 0.6 is 0 Å². The first kappa shape index (κ1) is 20.4. The maximum atomic E-state index is 12.4. The molecule has 1 aromatic heterocycles. The van der Waals surface area contributed by atoms with Gasteiger partial charge >= 0.3 is 6.36 Å². The summed E-state index contributed by atoms with van der Waals surface area (Å²) in [6.45, 7) is 2.63. The van der Waals surface area contributed by atoms with Crippen molar-refractivity contribution in [2.75, 3.05) is 31.2 Å². The van der Waals surface area contributed by atoms with Crippen molar-refractivity contribution in [2.24, 2.45) is 0 Å². The van der Waals surface area contributed by atoms with Crippen LogP contribution in [0.4, 0.5) is 19.0 Å². The Morgan fingerprint density at radius 1 is 1.14 bits per heavy atom. The number of sulfonamides is 1. The van der Waals surface area contributed by atoms with Gasteiger partial charge in [-0.15, -0.1) is 13.2 Å². The number of alkyl halides is 3. The second kappa shape index (κ2) is 8.33. The molecule has 0 radical (unpaired) electrons. The lowest BCUT2D eigenvalue weighted by Gasteiger charge is -2.28. The van der Waals surface area contributed by atoms with Crippen molar-refractivity contribution < 1.29 is 31.1 Å². The number of benzene rings is 1. The van der Waals surface area contributed by atoms with Gasteiger partial charge in [0.25, 0.3) is 0 Å². The lowest BCUT2D eigenvalue weighted by molar-refractivity contribution is -0.274. The SMILES string of the molecule is O=S(=O)(NCc1ccnc(N2CCOCC2)c1)c1ccc(OC(F)(F)F)cc1. The number of morpholine rings is 1. The minimum Gasteiger partial charge on any atom is -0.406 e. The molecule has 0 unspecified atom stereocenters. The predicted octanol–water partition coefficient (Wildman–Crippen LogP) is 2.30. The van der Waals surface area contributed by atoms with Crippen LogP contribution in [0.2, 0.25) is 0 Å². The van der Waals surface area contributed by atoms with Gasteiger partial charge < -0.3 is 14.4 Å². The zero-order valence-corrected chi connectivity index (χ0v) is 15.5. The Bertz CT molecular complexity index is 899. The first-order chi connectivity index (χ1) is 13.2. The molecule has 0 atom stereocenters. The normalized spacial score (nSPS) is 15.5. The summed E-state index contributed by atoms with van der Waals surface area (Å²) >= 11 is 0. The van der Waals surface area contributed by atoms with Crippen LogP contribution < -0.4 is 14.4 Å². The van der Waals surface area contributed by atoms with Crippen molar-refractivity contribution in [1.29, 1.82) is 0 Å². The van der Waals surface area contributed by atoms with Crippen molar-refractivity contribution >= 4 is 15.8 Å². The quantitative estimate of drug-likeness (QED) is 0.777. The molecule has 1 saturated heterocycles. The van der Waals surface area contributed by atoms with E-state index in [1.165, 1.54) is 0 Å². The minimum absolute atomic E-state index is 0.0169. The van der Waals surface area contributed by atoms with Gasteiger partial charge in [-0.2, -0.15) is 0 Å². The second-order valence-electron chi connectivity index (χ2n) is 5.97. The van der Waals surface area contributed by atoms with Gasteiger partial charge in [-0.05, 0) is 42.0 Å². The Morgan fingerprint density at radius 3 is 2.46 bits per heavy atom. The molecular weight excluding hydrogens is 399 g/mol. The van der Waals surface area contributed by atoms with E-state index in [2.05, 4.69) is 14.4 Å². The van der Waals surface area contributed by atoms with E-state index in [0.717, 1.165) is 30.1 Å². The summed E-state index contributed by atoms with van der Waals surface area (Å²) in [4.78, 5) is 6.17. The van der Waals surface area contributed by atoms with Crippen LogP contribution in [0.3, 0.4) is 0 Å². The number of nitrogens with zero attached hydrogens (tertiary/aromatic N) is 2. The maximum Gasteiger partial charge on any atom is 0.573 e. The highest BCUT2D eigenvalue weighted by molar-refractivity contribution is 7.89. The Hall–Kier alpha value is -2.37. The number of nitrogens with one attached hydrogen (secondary N) is 1. The number of ether oxygens (including phenoxy) is 2. The smallest absolute Gasteiger partial charge is 0.406 e. The third kappa shape index (κ3) is 5.57. The largest absolute Gasteiger partial charge is 0.573 e. The third-order valence-electron chi connectivity index (χ3n) is 3.98. The van der Waals surface area contributed by atoms with Gasteiger partial charge in [-0.1, -0.05) is 0 Å². The van der Waals surface area contributed by atoms with Crippen molar-refractivity contribution in [3.8, 4) is 5.75 Å². The highest BCUT2D eigenvalue weighted by Gasteiger charge is 2.31. The average Bonchev–Trinajstić information content (AvgIpc) is 2.67. The van der Waals surface area contributed by atoms with Gasteiger partial charge in [0, 0.05) is 25.8 Å². The molecule has 28 heavy (non-hydrogen) atoms. The third-order valence-corrected chi connectivity index (χ3v) is 5.40. The van der Waals surface area contributed by atoms with E-state index in [1.54, 1.807) is 18.3 Å². The fourth-order valence-electron chi connectivity index (χ4n) is 2.62. The van der Waals surface area contributed by atoms with Gasteiger partial charge in [0.2, 0.25) is 10.0 Å². The first-order valence-corrected chi connectivity index (χ1v) is 9.84. The van der Waals surface area contributed by atoms with Gasteiger partial charge in [0.15, 0.2) is 0 Å². The van der Waals surface area contributed by atoms with Gasteiger partial charge in [0.1, 0.15) is 11.6 Å². The standard InChI is InChI=1S/C17H18F3N3O4S/c18-17(19,20)27-14-1-3-15(4-2-14)28(24,25)22-12-13-5-6-21-16(11-13)23-7-9-26-10-8-23/h1-6,11,22H,7-10,12H2. The molecule has 7 nitrogen and oxygen atoms in total. The van der Waals surface area contributed by atoms with Crippen molar-refractivity contribution in [3.63, 3.8) is 0 Å². The lowest BCUT2D eigenvalue weighted by atomic mass is 10.2. The van der Waals surface area contributed by atoms with E-state index in [4.69, 9.17) is 4.74 Å². The van der Waals surface area contributed by atoms with Crippen LogP contribution in [0, 0.1) is 0 Å². The van der Waals surface area contributed by atoms with Crippen LogP contribution in [0.1, 0.15) is 5.56 Å². The minimum atomic E-state index is -4.84. The van der Waals surface area contributed by atoms with Crippen LogP contribution in [0.15, 0.2) is 47.5 Å². The van der Waals surface area contributed by atoms with E-state index in [1.807, 2.05) is 4.90 Å². The molecule has 0 bridgehead atoms. The molecule has 0 saturated carbocycles. The first-order valence-electron chi connectivity index (χ1n) is 8.36. The van der Waals surface area contributed by atoms with Crippen molar-refractivity contribution in [3.05, 3.63) is 48.2 Å². The molecule has 2 aromatic rings. The fraction of sp³-hybridized carbons (Fsp3) is 0.353. The molecule has 1 N–H and O–H groups in total. The number of hydrogen-bond donors (Lipinski definition) is 1. The molecule has 3 rings (SSSR count). The molecule has 11 heteroatoms.